The molecule has 0 spiro atoms. The molecule has 7 N–H and O–H groups in total. The summed E-state index contributed by atoms with van der Waals surface area (Å²) >= 11 is 0. The van der Waals surface area contributed by atoms with E-state index < -0.39 is 5.91 Å². The van der Waals surface area contributed by atoms with Crippen LogP contribution in [0.3, 0.4) is 0 Å². The van der Waals surface area contributed by atoms with Crippen LogP contribution in [-0.2, 0) is 4.79 Å². The number of rotatable bonds is 15. The fraction of sp³-hybridized carbons (Fsp3) is 0.593. The second kappa shape index (κ2) is 13.3. The molecule has 1 aromatic carbocycles. The van der Waals surface area contributed by atoms with Crippen LogP contribution < -0.4 is 22.1 Å². The number of primary amides is 1. The van der Waals surface area contributed by atoms with Crippen LogP contribution in [0, 0.1) is 10.8 Å². The molecule has 0 saturated carbocycles. The van der Waals surface area contributed by atoms with Gasteiger partial charge in [0, 0.05) is 35.7 Å². The molecule has 0 fully saturated rings. The lowest BCUT2D eigenvalue weighted by Gasteiger charge is -2.32. The maximum atomic E-state index is 12.7. The Kier molecular flexibility index (Phi) is 10.8. The van der Waals surface area contributed by atoms with Gasteiger partial charge >= 0.3 is 0 Å². The second-order valence-corrected chi connectivity index (χ2v) is 10.2. The largest absolute Gasteiger partial charge is 0.384 e. The van der Waals surface area contributed by atoms with Crippen molar-refractivity contribution in [1.29, 1.82) is 5.41 Å². The molecular weight excluding hydrogens is 426 g/mol. The minimum atomic E-state index is -0.476. The number of anilines is 2. The highest BCUT2D eigenvalue weighted by atomic mass is 16.1. The average Bonchev–Trinajstić information content (AvgIpc) is 2.73. The molecule has 0 unspecified atom stereocenters. The quantitative estimate of drug-likeness (QED) is 0.174. The van der Waals surface area contributed by atoms with Gasteiger partial charge in [-0.15, -0.1) is 0 Å². The number of hydrogen-bond donors (Lipinski definition) is 5. The maximum Gasteiger partial charge on any atom is 0.250 e. The molecule has 1 amide bonds. The molecule has 0 bridgehead atoms. The van der Waals surface area contributed by atoms with Crippen molar-refractivity contribution < 1.29 is 9.59 Å². The first-order valence-electron chi connectivity index (χ1n) is 12.6. The van der Waals surface area contributed by atoms with E-state index in [0.717, 1.165) is 43.7 Å². The molecule has 1 aliphatic carbocycles. The third kappa shape index (κ3) is 8.60. The van der Waals surface area contributed by atoms with Crippen LogP contribution in [0.2, 0.25) is 0 Å². The summed E-state index contributed by atoms with van der Waals surface area (Å²) < 4.78 is 0. The summed E-state index contributed by atoms with van der Waals surface area (Å²) in [6.07, 6.45) is 10.6. The van der Waals surface area contributed by atoms with Gasteiger partial charge in [-0.2, -0.15) is 0 Å². The molecule has 7 heteroatoms. The number of Topliss-reactive ketones (excluding diaryl/α,β-unsaturated/α-hetero) is 1. The fourth-order valence-corrected chi connectivity index (χ4v) is 4.57. The Hall–Kier alpha value is -2.67. The zero-order valence-corrected chi connectivity index (χ0v) is 21.2. The summed E-state index contributed by atoms with van der Waals surface area (Å²) in [4.78, 5) is 24.6. The number of benzene rings is 1. The summed E-state index contributed by atoms with van der Waals surface area (Å²) in [5, 5.41) is 14.8. The van der Waals surface area contributed by atoms with Crippen molar-refractivity contribution >= 4 is 28.8 Å². The van der Waals surface area contributed by atoms with Crippen LogP contribution in [0.5, 0.6) is 0 Å². The van der Waals surface area contributed by atoms with Crippen molar-refractivity contribution in [2.45, 2.75) is 85.0 Å². The van der Waals surface area contributed by atoms with E-state index in [0.29, 0.717) is 29.7 Å². The minimum absolute atomic E-state index is 0.00210. The summed E-state index contributed by atoms with van der Waals surface area (Å²) in [5.41, 5.74) is 14.4. The summed E-state index contributed by atoms with van der Waals surface area (Å²) in [7, 11) is 0. The Morgan fingerprint density at radius 3 is 2.24 bits per heavy atom. The normalized spacial score (nSPS) is 15.4. The molecule has 7 nitrogen and oxygen atoms in total. The van der Waals surface area contributed by atoms with Crippen LogP contribution in [0.15, 0.2) is 29.5 Å². The lowest BCUT2D eigenvalue weighted by atomic mass is 9.75. The van der Waals surface area contributed by atoms with E-state index in [4.69, 9.17) is 16.9 Å². The smallest absolute Gasteiger partial charge is 0.250 e. The van der Waals surface area contributed by atoms with E-state index in [-0.39, 0.29) is 16.9 Å². The van der Waals surface area contributed by atoms with Crippen molar-refractivity contribution in [3.05, 3.63) is 35.0 Å². The number of nitrogens with one attached hydrogen (secondary N) is 3. The molecule has 2 rings (SSSR count). The number of allylic oxidation sites excluding steroid dienone is 2. The van der Waals surface area contributed by atoms with Crippen LogP contribution in [0.25, 0.3) is 0 Å². The lowest BCUT2D eigenvalue weighted by molar-refractivity contribution is -0.117. The molecule has 1 aliphatic rings. The molecule has 1 aromatic rings. The van der Waals surface area contributed by atoms with E-state index in [1.807, 2.05) is 6.07 Å². The molecule has 0 aliphatic heterocycles. The molecule has 0 aromatic heterocycles. The first-order valence-corrected chi connectivity index (χ1v) is 12.6. The lowest BCUT2D eigenvalue weighted by Crippen LogP contribution is -2.30. The zero-order valence-electron chi connectivity index (χ0n) is 21.2. The summed E-state index contributed by atoms with van der Waals surface area (Å²) in [6, 6.07) is 5.38. The van der Waals surface area contributed by atoms with Gasteiger partial charge in [0.15, 0.2) is 5.78 Å². The monoisotopic (exact) mass is 469 g/mol. The van der Waals surface area contributed by atoms with E-state index in [9.17, 15) is 9.59 Å². The van der Waals surface area contributed by atoms with E-state index in [1.54, 1.807) is 19.1 Å². The second-order valence-electron chi connectivity index (χ2n) is 10.2. The van der Waals surface area contributed by atoms with Gasteiger partial charge in [0.1, 0.15) is 0 Å². The highest BCUT2D eigenvalue weighted by Crippen LogP contribution is 2.38. The molecule has 0 atom stereocenters. The number of carbonyl (C=O) groups is 2. The van der Waals surface area contributed by atoms with Crippen LogP contribution >= 0.6 is 0 Å². The first kappa shape index (κ1) is 27.6. The van der Waals surface area contributed by atoms with Crippen molar-refractivity contribution in [2.24, 2.45) is 16.9 Å². The van der Waals surface area contributed by atoms with E-state index in [2.05, 4.69) is 24.5 Å². The number of amides is 1. The standard InChI is InChI=1S/C27H43N5O2/c1-19(29)25-23(17-27(2,3)18-24(25)33)32-20-12-13-21(26(30)34)22(16-20)31-15-11-9-7-5-4-6-8-10-14-28/h12-13,16,29,31-32H,4-11,14-15,17-18,28H2,1-3H3,(H2,30,34). The van der Waals surface area contributed by atoms with Crippen molar-refractivity contribution in [3.63, 3.8) is 0 Å². The number of ketones is 1. The van der Waals surface area contributed by atoms with Crippen molar-refractivity contribution in [2.75, 3.05) is 23.7 Å². The average molecular weight is 470 g/mol. The van der Waals surface area contributed by atoms with Gasteiger partial charge in [0.2, 0.25) is 0 Å². The highest BCUT2D eigenvalue weighted by Gasteiger charge is 2.33. The number of nitrogens with two attached hydrogens (primary N) is 2. The van der Waals surface area contributed by atoms with E-state index >= 15 is 0 Å². The maximum absolute atomic E-state index is 12.7. The Labute approximate surface area is 204 Å². The molecule has 0 heterocycles. The third-order valence-electron chi connectivity index (χ3n) is 6.28. The molecule has 188 valence electrons. The van der Waals surface area contributed by atoms with Gasteiger partial charge in [-0.3, -0.25) is 9.59 Å². The number of unbranched alkanes of at least 4 members (excludes halogenated alkanes) is 7. The van der Waals surface area contributed by atoms with Crippen LogP contribution in [0.4, 0.5) is 11.4 Å². The van der Waals surface area contributed by atoms with Crippen LogP contribution in [-0.4, -0.2) is 30.5 Å². The predicted octanol–water partition coefficient (Wildman–Crippen LogP) is 5.37. The highest BCUT2D eigenvalue weighted by molar-refractivity contribution is 6.22. The SMILES string of the molecule is CC(=N)C1=C(Nc2ccc(C(N)=O)c(NCCCCCCCCCCN)c2)CC(C)(C)CC1=O. The molecular formula is C27H43N5O2. The van der Waals surface area contributed by atoms with Crippen molar-refractivity contribution in [3.8, 4) is 0 Å². The Bertz CT molecular complexity index is 904. The molecule has 0 radical (unpaired) electrons. The van der Waals surface area contributed by atoms with Gasteiger partial charge in [0.05, 0.1) is 11.1 Å². The Balaban J connectivity index is 2.00. The Morgan fingerprint density at radius 1 is 1.03 bits per heavy atom. The topological polar surface area (TPSA) is 134 Å². The summed E-state index contributed by atoms with van der Waals surface area (Å²) in [5.74, 6) is -0.478. The predicted molar refractivity (Wildman–Crippen MR) is 142 cm³/mol. The van der Waals surface area contributed by atoms with E-state index in [1.165, 1.54) is 32.1 Å². The third-order valence-corrected chi connectivity index (χ3v) is 6.28. The zero-order chi connectivity index (χ0) is 25.1. The van der Waals surface area contributed by atoms with Gasteiger partial charge in [-0.05, 0) is 56.3 Å². The first-order chi connectivity index (χ1) is 16.1. The fourth-order valence-electron chi connectivity index (χ4n) is 4.57. The number of hydrogen-bond acceptors (Lipinski definition) is 6. The van der Waals surface area contributed by atoms with Gasteiger partial charge in [0.25, 0.3) is 5.91 Å². The Morgan fingerprint density at radius 2 is 1.65 bits per heavy atom. The summed E-state index contributed by atoms with van der Waals surface area (Å²) in [6.45, 7) is 7.32. The van der Waals surface area contributed by atoms with Crippen molar-refractivity contribution in [1.82, 2.24) is 0 Å². The molecule has 34 heavy (non-hydrogen) atoms. The van der Waals surface area contributed by atoms with Gasteiger partial charge < -0.3 is 27.5 Å². The van der Waals surface area contributed by atoms with Gasteiger partial charge in [-0.25, -0.2) is 0 Å². The van der Waals surface area contributed by atoms with Gasteiger partial charge in [-0.1, -0.05) is 52.4 Å². The minimum Gasteiger partial charge on any atom is -0.384 e. The number of carbonyl (C=O) groups excluding carboxylic acids is 2. The molecule has 0 saturated heterocycles. The van der Waals surface area contributed by atoms with Crippen LogP contribution in [0.1, 0.15) is 95.3 Å².